The lowest BCUT2D eigenvalue weighted by atomic mass is 9.79. The average molecular weight is 258 g/mol. The zero-order valence-electron chi connectivity index (χ0n) is 11.8. The van der Waals surface area contributed by atoms with Gasteiger partial charge in [-0.3, -0.25) is 0 Å². The van der Waals surface area contributed by atoms with Gasteiger partial charge in [0.05, 0.1) is 5.71 Å². The van der Waals surface area contributed by atoms with Gasteiger partial charge in [0.25, 0.3) is 0 Å². The van der Waals surface area contributed by atoms with Crippen LogP contribution in [0.15, 0.2) is 23.4 Å². The highest BCUT2D eigenvalue weighted by Crippen LogP contribution is 2.39. The average Bonchev–Trinajstić information content (AvgIpc) is 2.81. The van der Waals surface area contributed by atoms with Crippen molar-refractivity contribution in [2.45, 2.75) is 57.6 Å². The molecule has 3 rings (SSSR count). The summed E-state index contributed by atoms with van der Waals surface area (Å²) in [4.78, 5) is 5.80. The second kappa shape index (κ2) is 4.64. The first kappa shape index (κ1) is 12.7. The van der Waals surface area contributed by atoms with E-state index in [1.807, 2.05) is 0 Å². The predicted molar refractivity (Wildman–Crippen MR) is 77.3 cm³/mol. The number of nitrogens with zero attached hydrogens (tertiary/aromatic N) is 1. The summed E-state index contributed by atoms with van der Waals surface area (Å²) in [5, 5.41) is 4.35. The second-order valence-electron chi connectivity index (χ2n) is 6.13. The van der Waals surface area contributed by atoms with Crippen LogP contribution in [0.4, 0.5) is 0 Å². The summed E-state index contributed by atoms with van der Waals surface area (Å²) < 4.78 is 0. The zero-order chi connectivity index (χ0) is 13.5. The third-order valence-corrected chi connectivity index (χ3v) is 4.62. The Morgan fingerprint density at radius 3 is 2.63 bits per heavy atom. The van der Waals surface area contributed by atoms with E-state index in [0.29, 0.717) is 6.04 Å². The Morgan fingerprint density at radius 1 is 1.21 bits per heavy atom. The minimum absolute atomic E-state index is 0.0655. The molecule has 0 unspecified atom stereocenters. The van der Waals surface area contributed by atoms with E-state index in [1.165, 1.54) is 16.7 Å². The molecule has 3 nitrogen and oxygen atoms in total. The van der Waals surface area contributed by atoms with Gasteiger partial charge in [-0.2, -0.15) is 0 Å². The largest absolute Gasteiger partial charge is 0.389 e. The maximum absolute atomic E-state index is 5.97. The second-order valence-corrected chi connectivity index (χ2v) is 6.13. The monoisotopic (exact) mass is 258 g/mol. The first-order chi connectivity index (χ1) is 9.08. The quantitative estimate of drug-likeness (QED) is 0.841. The molecule has 1 aliphatic heterocycles. The Balaban J connectivity index is 1.76. The summed E-state index contributed by atoms with van der Waals surface area (Å²) in [6, 6.07) is 6.87. The van der Waals surface area contributed by atoms with Crippen LogP contribution in [0.3, 0.4) is 0 Å². The van der Waals surface area contributed by atoms with Gasteiger partial charge in [0, 0.05) is 12.5 Å². The summed E-state index contributed by atoms with van der Waals surface area (Å²) in [6.07, 6.45) is 5.10. The van der Waals surface area contributed by atoms with Crippen LogP contribution in [0.25, 0.3) is 0 Å². The van der Waals surface area contributed by atoms with Crippen LogP contribution in [0.2, 0.25) is 0 Å². The summed E-state index contributed by atoms with van der Waals surface area (Å²) in [5.41, 5.74) is 10.8. The third-order valence-electron chi connectivity index (χ3n) is 4.62. The molecule has 1 saturated carbocycles. The molecule has 0 atom stereocenters. The minimum Gasteiger partial charge on any atom is -0.389 e. The molecular formula is C16H22N2O. The molecule has 1 aliphatic carbocycles. The molecule has 0 amide bonds. The number of benzene rings is 1. The van der Waals surface area contributed by atoms with Crippen molar-refractivity contribution in [1.29, 1.82) is 0 Å². The van der Waals surface area contributed by atoms with Gasteiger partial charge in [0.15, 0.2) is 0 Å². The van der Waals surface area contributed by atoms with Crippen molar-refractivity contribution < 1.29 is 4.84 Å². The van der Waals surface area contributed by atoms with E-state index in [-0.39, 0.29) is 5.60 Å². The normalized spacial score (nSPS) is 30.3. The van der Waals surface area contributed by atoms with Crippen molar-refractivity contribution in [3.05, 3.63) is 34.9 Å². The molecule has 19 heavy (non-hydrogen) atoms. The Morgan fingerprint density at radius 2 is 1.95 bits per heavy atom. The van der Waals surface area contributed by atoms with E-state index < -0.39 is 0 Å². The van der Waals surface area contributed by atoms with Crippen molar-refractivity contribution in [2.75, 3.05) is 0 Å². The summed E-state index contributed by atoms with van der Waals surface area (Å²) in [6.45, 7) is 4.28. The molecule has 2 N–H and O–H groups in total. The number of oxime groups is 1. The molecule has 0 radical (unpaired) electrons. The standard InChI is InChI=1S/C16H22N2O/c1-11-3-4-13(9-12(11)2)15-10-16(19-18-15)7-5-14(17)6-8-16/h3-4,9,14H,5-8,10,17H2,1-2H3. The van der Waals surface area contributed by atoms with E-state index in [9.17, 15) is 0 Å². The maximum atomic E-state index is 5.97. The van der Waals surface area contributed by atoms with E-state index in [2.05, 4.69) is 37.2 Å². The number of hydrogen-bond donors (Lipinski definition) is 1. The van der Waals surface area contributed by atoms with Crippen LogP contribution in [0.5, 0.6) is 0 Å². The van der Waals surface area contributed by atoms with Gasteiger partial charge in [0.1, 0.15) is 5.60 Å². The van der Waals surface area contributed by atoms with Gasteiger partial charge >= 0.3 is 0 Å². The molecule has 2 aliphatic rings. The van der Waals surface area contributed by atoms with Crippen molar-refractivity contribution >= 4 is 5.71 Å². The lowest BCUT2D eigenvalue weighted by Gasteiger charge is -2.33. The van der Waals surface area contributed by atoms with Crippen molar-refractivity contribution in [2.24, 2.45) is 10.9 Å². The van der Waals surface area contributed by atoms with Gasteiger partial charge < -0.3 is 10.6 Å². The first-order valence-corrected chi connectivity index (χ1v) is 7.16. The van der Waals surface area contributed by atoms with Gasteiger partial charge in [-0.25, -0.2) is 0 Å². The predicted octanol–water partition coefficient (Wildman–Crippen LogP) is 3.07. The molecule has 1 fully saturated rings. The molecule has 0 saturated heterocycles. The summed E-state index contributed by atoms with van der Waals surface area (Å²) >= 11 is 0. The molecule has 3 heteroatoms. The van der Waals surface area contributed by atoms with Crippen LogP contribution in [-0.2, 0) is 4.84 Å². The minimum atomic E-state index is -0.0655. The molecule has 1 spiro atoms. The van der Waals surface area contributed by atoms with Gasteiger partial charge in [0.2, 0.25) is 0 Å². The fourth-order valence-electron chi connectivity index (χ4n) is 3.03. The Kier molecular flexibility index (Phi) is 3.09. The molecule has 102 valence electrons. The smallest absolute Gasteiger partial charge is 0.143 e. The number of hydrogen-bond acceptors (Lipinski definition) is 3. The van der Waals surface area contributed by atoms with E-state index in [0.717, 1.165) is 37.8 Å². The lowest BCUT2D eigenvalue weighted by Crippen LogP contribution is -2.39. The maximum Gasteiger partial charge on any atom is 0.143 e. The van der Waals surface area contributed by atoms with Gasteiger partial charge in [-0.15, -0.1) is 0 Å². The van der Waals surface area contributed by atoms with Crippen molar-refractivity contribution in [1.82, 2.24) is 0 Å². The SMILES string of the molecule is Cc1ccc(C2=NOC3(CCC(N)CC3)C2)cc1C. The van der Waals surface area contributed by atoms with E-state index in [1.54, 1.807) is 0 Å². The Bertz CT molecular complexity index is 513. The fraction of sp³-hybridized carbons (Fsp3) is 0.562. The zero-order valence-corrected chi connectivity index (χ0v) is 11.8. The Labute approximate surface area is 114 Å². The van der Waals surface area contributed by atoms with Crippen molar-refractivity contribution in [3.63, 3.8) is 0 Å². The van der Waals surface area contributed by atoms with Crippen molar-refractivity contribution in [3.8, 4) is 0 Å². The van der Waals surface area contributed by atoms with E-state index in [4.69, 9.17) is 10.6 Å². The first-order valence-electron chi connectivity index (χ1n) is 7.16. The molecule has 0 aromatic heterocycles. The number of rotatable bonds is 1. The molecule has 1 aromatic rings. The third kappa shape index (κ3) is 2.39. The van der Waals surface area contributed by atoms with Crippen LogP contribution in [-0.4, -0.2) is 17.4 Å². The van der Waals surface area contributed by atoms with Crippen LogP contribution in [0.1, 0.15) is 48.8 Å². The van der Waals surface area contributed by atoms with E-state index >= 15 is 0 Å². The Hall–Kier alpha value is -1.35. The summed E-state index contributed by atoms with van der Waals surface area (Å²) in [5.74, 6) is 0. The van der Waals surface area contributed by atoms with Gasteiger partial charge in [-0.05, 0) is 62.3 Å². The van der Waals surface area contributed by atoms with Crippen LogP contribution >= 0.6 is 0 Å². The number of nitrogens with two attached hydrogens (primary N) is 1. The highest BCUT2D eigenvalue weighted by Gasteiger charge is 2.41. The lowest BCUT2D eigenvalue weighted by molar-refractivity contribution is -0.0478. The van der Waals surface area contributed by atoms with Crippen LogP contribution in [0, 0.1) is 13.8 Å². The highest BCUT2D eigenvalue weighted by molar-refractivity contribution is 6.01. The molecule has 0 bridgehead atoms. The molecule has 1 aromatic carbocycles. The van der Waals surface area contributed by atoms with Gasteiger partial charge in [-0.1, -0.05) is 17.3 Å². The highest BCUT2D eigenvalue weighted by atomic mass is 16.7. The van der Waals surface area contributed by atoms with Crippen LogP contribution < -0.4 is 5.73 Å². The molecule has 1 heterocycles. The topological polar surface area (TPSA) is 47.6 Å². The molecular weight excluding hydrogens is 236 g/mol. The summed E-state index contributed by atoms with van der Waals surface area (Å²) in [7, 11) is 0. The fourth-order valence-corrected chi connectivity index (χ4v) is 3.03. The number of aryl methyl sites for hydroxylation is 2.